The molecule has 23 heavy (non-hydrogen) atoms. The van der Waals surface area contributed by atoms with Crippen LogP contribution in [0.3, 0.4) is 0 Å². The Labute approximate surface area is 141 Å². The molecule has 0 radical (unpaired) electrons. The van der Waals surface area contributed by atoms with Crippen LogP contribution in [0.15, 0.2) is 60.9 Å². The molecule has 1 nitrogen and oxygen atoms in total. The van der Waals surface area contributed by atoms with Gasteiger partial charge >= 0.3 is 0 Å². The third-order valence-corrected chi connectivity index (χ3v) is 3.54. The molecule has 1 aliphatic rings. The zero-order valence-corrected chi connectivity index (χ0v) is 14.8. The van der Waals surface area contributed by atoms with Gasteiger partial charge in [-0.3, -0.25) is 0 Å². The molecule has 1 aromatic rings. The van der Waals surface area contributed by atoms with Crippen molar-refractivity contribution in [2.75, 3.05) is 0 Å². The number of halogens is 1. The largest absolute Gasteiger partial charge is 0.509 e. The minimum Gasteiger partial charge on any atom is -0.509 e. The highest BCUT2D eigenvalue weighted by atomic mass is 19.1. The smallest absolute Gasteiger partial charge is 0.126 e. The van der Waals surface area contributed by atoms with E-state index in [9.17, 15) is 4.39 Å². The van der Waals surface area contributed by atoms with Crippen LogP contribution >= 0.6 is 0 Å². The predicted octanol–water partition coefficient (Wildman–Crippen LogP) is 7.09. The maximum absolute atomic E-state index is 13.4. The number of benzene rings is 1. The second-order valence-electron chi connectivity index (χ2n) is 5.23. The monoisotopic (exact) mass is 318 g/mol. The summed E-state index contributed by atoms with van der Waals surface area (Å²) in [5.74, 6) is 0.549. The minimum absolute atomic E-state index is 0.0191. The summed E-state index contributed by atoms with van der Waals surface area (Å²) in [6.07, 6.45) is 13.1. The fraction of sp³-hybridized carbons (Fsp3) is 0.429. The molecule has 0 atom stereocenters. The lowest BCUT2D eigenvalue weighted by atomic mass is 9.84. The van der Waals surface area contributed by atoms with Gasteiger partial charge in [-0.2, -0.15) is 0 Å². The zero-order valence-electron chi connectivity index (χ0n) is 14.8. The fourth-order valence-electron chi connectivity index (χ4n) is 2.50. The molecule has 0 bridgehead atoms. The van der Waals surface area contributed by atoms with Gasteiger partial charge in [-0.15, -0.1) is 0 Å². The molecule has 0 heterocycles. The highest BCUT2D eigenvalue weighted by molar-refractivity contribution is 5.21. The second kappa shape index (κ2) is 13.8. The van der Waals surface area contributed by atoms with Crippen molar-refractivity contribution < 1.29 is 9.50 Å². The van der Waals surface area contributed by atoms with Crippen molar-refractivity contribution in [3.05, 3.63) is 72.3 Å². The Morgan fingerprint density at radius 2 is 1.74 bits per heavy atom. The van der Waals surface area contributed by atoms with E-state index >= 15 is 0 Å². The first-order valence-electron chi connectivity index (χ1n) is 8.56. The molecular formula is C21H31FO. The summed E-state index contributed by atoms with van der Waals surface area (Å²) in [5.41, 5.74) is 0.933. The van der Waals surface area contributed by atoms with Crippen LogP contribution in [-0.2, 0) is 0 Å². The van der Waals surface area contributed by atoms with Crippen LogP contribution < -0.4 is 0 Å². The summed E-state index contributed by atoms with van der Waals surface area (Å²) < 4.78 is 13.4. The van der Waals surface area contributed by atoms with E-state index in [2.05, 4.69) is 6.58 Å². The number of hydrogen-bond acceptors (Lipinski definition) is 1. The van der Waals surface area contributed by atoms with Crippen molar-refractivity contribution in [2.24, 2.45) is 0 Å². The first-order valence-corrected chi connectivity index (χ1v) is 8.56. The lowest BCUT2D eigenvalue weighted by Gasteiger charge is -2.22. The molecule has 0 unspecified atom stereocenters. The lowest BCUT2D eigenvalue weighted by molar-refractivity contribution is 0.429. The summed E-state index contributed by atoms with van der Waals surface area (Å²) in [5, 5.41) is 8.46. The molecule has 1 aromatic carbocycles. The predicted molar refractivity (Wildman–Crippen MR) is 99.3 cm³/mol. The summed E-state index contributed by atoms with van der Waals surface area (Å²) in [4.78, 5) is 0. The summed E-state index contributed by atoms with van der Waals surface area (Å²) >= 11 is 0. The minimum atomic E-state index is -0.0191. The Hall–Kier alpha value is -1.83. The van der Waals surface area contributed by atoms with Crippen molar-refractivity contribution in [3.63, 3.8) is 0 Å². The van der Waals surface area contributed by atoms with E-state index in [0.29, 0.717) is 5.92 Å². The van der Waals surface area contributed by atoms with Crippen molar-refractivity contribution >= 4 is 0 Å². The Bertz CT molecular complexity index is 482. The number of aliphatic hydroxyl groups is 1. The Kier molecular flexibility index (Phi) is 12.7. The number of rotatable bonds is 3. The van der Waals surface area contributed by atoms with E-state index in [-0.39, 0.29) is 11.6 Å². The van der Waals surface area contributed by atoms with Gasteiger partial charge in [0.15, 0.2) is 0 Å². The van der Waals surface area contributed by atoms with Gasteiger partial charge in [-0.05, 0) is 43.4 Å². The van der Waals surface area contributed by atoms with Crippen LogP contribution in [0.1, 0.15) is 64.4 Å². The van der Waals surface area contributed by atoms with Gasteiger partial charge in [0.1, 0.15) is 11.6 Å². The summed E-state index contributed by atoms with van der Waals surface area (Å²) in [6.45, 7) is 9.17. The average Bonchev–Trinajstić information content (AvgIpc) is 2.58. The fourth-order valence-corrected chi connectivity index (χ4v) is 2.50. The number of allylic oxidation sites excluding steroid dienone is 4. The molecule has 1 N–H and O–H groups in total. The van der Waals surface area contributed by atoms with Gasteiger partial charge in [0.2, 0.25) is 0 Å². The molecule has 0 saturated heterocycles. The van der Waals surface area contributed by atoms with Crippen LogP contribution in [0, 0.1) is 5.82 Å². The van der Waals surface area contributed by atoms with Crippen molar-refractivity contribution in [1.29, 1.82) is 0 Å². The van der Waals surface area contributed by atoms with E-state index in [4.69, 9.17) is 5.11 Å². The normalized spacial score (nSPS) is 14.8. The molecule has 2 rings (SSSR count). The topological polar surface area (TPSA) is 20.2 Å². The second-order valence-corrected chi connectivity index (χ2v) is 5.23. The zero-order chi connectivity index (χ0) is 17.5. The number of aliphatic hydroxyl groups excluding tert-OH is 1. The first kappa shape index (κ1) is 21.2. The van der Waals surface area contributed by atoms with Crippen LogP contribution in [0.5, 0.6) is 0 Å². The van der Waals surface area contributed by atoms with E-state index < -0.39 is 0 Å². The maximum atomic E-state index is 13.4. The average molecular weight is 318 g/mol. The maximum Gasteiger partial charge on any atom is 0.126 e. The molecular weight excluding hydrogens is 287 g/mol. The molecule has 1 aliphatic carbocycles. The third kappa shape index (κ3) is 9.72. The molecule has 0 aromatic heterocycles. The lowest BCUT2D eigenvalue weighted by Crippen LogP contribution is -2.06. The summed E-state index contributed by atoms with van der Waals surface area (Å²) in [6, 6.07) is 7.21. The highest BCUT2D eigenvalue weighted by Crippen LogP contribution is 2.33. The standard InChI is InChI=1S/C12H15F.C7H10O.C2H6/c13-12-9-5-4-8-11(12)10-6-2-1-3-7-10;1-3-4-5-6-7(2)8;1-2/h4-5,8-10H,1-3,6-7H2;3-6,8H,2H2,1H3;1-2H3/b;4-3-,6-5-;. The van der Waals surface area contributed by atoms with E-state index in [1.54, 1.807) is 18.2 Å². The van der Waals surface area contributed by atoms with Crippen LogP contribution in [-0.4, -0.2) is 5.11 Å². The van der Waals surface area contributed by atoms with Crippen molar-refractivity contribution in [1.82, 2.24) is 0 Å². The van der Waals surface area contributed by atoms with Crippen LogP contribution in [0.4, 0.5) is 4.39 Å². The Balaban J connectivity index is 0.000000421. The van der Waals surface area contributed by atoms with Crippen molar-refractivity contribution in [2.45, 2.75) is 58.8 Å². The quantitative estimate of drug-likeness (QED) is 0.466. The van der Waals surface area contributed by atoms with Gasteiger partial charge in [0.25, 0.3) is 0 Å². The van der Waals surface area contributed by atoms with Gasteiger partial charge < -0.3 is 5.11 Å². The molecule has 1 saturated carbocycles. The SMILES string of the molecule is C=C(O)/C=C\C=C/C.CC.Fc1ccccc1C1CCCCC1. The van der Waals surface area contributed by atoms with Crippen molar-refractivity contribution in [3.8, 4) is 0 Å². The third-order valence-electron chi connectivity index (χ3n) is 3.54. The summed E-state index contributed by atoms with van der Waals surface area (Å²) in [7, 11) is 0. The van der Waals surface area contributed by atoms with Gasteiger partial charge in [-0.1, -0.05) is 76.1 Å². The highest BCUT2D eigenvalue weighted by Gasteiger charge is 2.17. The van der Waals surface area contributed by atoms with Crippen LogP contribution in [0.2, 0.25) is 0 Å². The molecule has 1 fully saturated rings. The number of hydrogen-bond donors (Lipinski definition) is 1. The molecule has 0 aliphatic heterocycles. The molecule has 128 valence electrons. The van der Waals surface area contributed by atoms with Crippen LogP contribution in [0.25, 0.3) is 0 Å². The first-order chi connectivity index (χ1) is 11.1. The van der Waals surface area contributed by atoms with Gasteiger partial charge in [0.05, 0.1) is 0 Å². The molecule has 2 heteroatoms. The van der Waals surface area contributed by atoms with E-state index in [1.165, 1.54) is 38.2 Å². The Morgan fingerprint density at radius 3 is 2.26 bits per heavy atom. The Morgan fingerprint density at radius 1 is 1.13 bits per heavy atom. The van der Waals surface area contributed by atoms with Gasteiger partial charge in [0, 0.05) is 0 Å². The van der Waals surface area contributed by atoms with E-state index in [1.807, 2.05) is 45.1 Å². The molecule has 0 amide bonds. The van der Waals surface area contributed by atoms with Gasteiger partial charge in [-0.25, -0.2) is 4.39 Å². The molecule has 0 spiro atoms. The van der Waals surface area contributed by atoms with E-state index in [0.717, 1.165) is 5.56 Å².